The third-order valence-corrected chi connectivity index (χ3v) is 4.37. The van der Waals surface area contributed by atoms with Crippen LogP contribution in [-0.2, 0) is 9.36 Å². The highest BCUT2D eigenvalue weighted by atomic mass is 35.5. The first-order chi connectivity index (χ1) is 4.37. The Morgan fingerprint density at radius 2 is 2.09 bits per heavy atom. The van der Waals surface area contributed by atoms with E-state index in [0.717, 1.165) is 6.66 Å². The van der Waals surface area contributed by atoms with Gasteiger partial charge in [0.05, 0.1) is 0 Å². The third-order valence-electron chi connectivity index (χ3n) is 1.47. The van der Waals surface area contributed by atoms with Crippen LogP contribution in [0.15, 0.2) is 0 Å². The normalized spacial score (nSPS) is 20.7. The first kappa shape index (κ1) is 14.0. The Morgan fingerprint density at radius 1 is 1.73 bits per heavy atom. The van der Waals surface area contributed by atoms with Crippen LogP contribution >= 0.6 is 31.4 Å². The van der Waals surface area contributed by atoms with E-state index in [0.29, 0.717) is 6.29 Å². The molecule has 0 bridgehead atoms. The number of halogens is 2. The smallest absolute Gasteiger partial charge is 0.211 e. The Labute approximate surface area is 77.0 Å². The fourth-order valence-corrected chi connectivity index (χ4v) is 1.39. The van der Waals surface area contributed by atoms with E-state index in [9.17, 15) is 9.36 Å². The maximum absolute atomic E-state index is 10.9. The summed E-state index contributed by atoms with van der Waals surface area (Å²) in [6, 6.07) is 0. The summed E-state index contributed by atoms with van der Waals surface area (Å²) in [5.41, 5.74) is 0. The molecule has 0 aromatic heterocycles. The molecule has 0 heterocycles. The second-order valence-corrected chi connectivity index (χ2v) is 5.53. The maximum atomic E-state index is 10.9. The molecule has 0 aliphatic rings. The van der Waals surface area contributed by atoms with Crippen LogP contribution in [0.1, 0.15) is 6.92 Å². The summed E-state index contributed by atoms with van der Waals surface area (Å²) in [4.78, 5) is 19.3. The topological polar surface area (TPSA) is 54.4 Å². The van der Waals surface area contributed by atoms with Gasteiger partial charge in [0.1, 0.15) is 11.4 Å². The Kier molecular flexibility index (Phi) is 5.68. The summed E-state index contributed by atoms with van der Waals surface area (Å²) in [7, 11) is -3.39. The minimum atomic E-state index is -3.39. The van der Waals surface area contributed by atoms with Crippen LogP contribution in [0.2, 0.25) is 0 Å². The molecule has 0 spiro atoms. The molecule has 0 fully saturated rings. The van der Waals surface area contributed by atoms with Crippen molar-refractivity contribution in [3.05, 3.63) is 0 Å². The Hall–Kier alpha value is 0.440. The van der Waals surface area contributed by atoms with Crippen molar-refractivity contribution in [1.29, 1.82) is 0 Å². The molecule has 0 saturated heterocycles. The van der Waals surface area contributed by atoms with Gasteiger partial charge in [-0.1, -0.05) is 0 Å². The molecule has 11 heavy (non-hydrogen) atoms. The van der Waals surface area contributed by atoms with Crippen molar-refractivity contribution >= 4 is 37.7 Å². The van der Waals surface area contributed by atoms with Crippen molar-refractivity contribution in [2.45, 2.75) is 12.1 Å². The van der Waals surface area contributed by atoms with Gasteiger partial charge in [0.15, 0.2) is 0 Å². The number of carbonyl (C=O) groups excluding carboxylic acids is 1. The predicted molar refractivity (Wildman–Crippen MR) is 48.2 cm³/mol. The van der Waals surface area contributed by atoms with Gasteiger partial charge in [0, 0.05) is 12.5 Å². The SMILES string of the molecule is CC(C=O)(CCl)P(C)(=O)O.Cl. The van der Waals surface area contributed by atoms with E-state index in [4.69, 9.17) is 16.5 Å². The lowest BCUT2D eigenvalue weighted by Crippen LogP contribution is -2.28. The van der Waals surface area contributed by atoms with Crippen molar-refractivity contribution < 1.29 is 14.3 Å². The van der Waals surface area contributed by atoms with Crippen molar-refractivity contribution in [3.63, 3.8) is 0 Å². The fourth-order valence-electron chi connectivity index (χ4n) is 0.240. The Bertz CT molecular complexity index is 179. The molecule has 68 valence electrons. The second-order valence-electron chi connectivity index (χ2n) is 2.49. The molecule has 0 rings (SSSR count). The van der Waals surface area contributed by atoms with Gasteiger partial charge in [0.25, 0.3) is 0 Å². The Balaban J connectivity index is 0. The lowest BCUT2D eigenvalue weighted by Gasteiger charge is -2.22. The van der Waals surface area contributed by atoms with Gasteiger partial charge < -0.3 is 9.69 Å². The van der Waals surface area contributed by atoms with E-state index in [2.05, 4.69) is 0 Å². The summed E-state index contributed by atoms with van der Waals surface area (Å²) in [6.07, 6.45) is 0.431. The highest BCUT2D eigenvalue weighted by Crippen LogP contribution is 2.49. The van der Waals surface area contributed by atoms with Gasteiger partial charge >= 0.3 is 0 Å². The van der Waals surface area contributed by atoms with Crippen molar-refractivity contribution in [1.82, 2.24) is 0 Å². The van der Waals surface area contributed by atoms with Crippen molar-refractivity contribution in [2.24, 2.45) is 0 Å². The van der Waals surface area contributed by atoms with E-state index >= 15 is 0 Å². The van der Waals surface area contributed by atoms with Gasteiger partial charge in [-0.25, -0.2) is 0 Å². The quantitative estimate of drug-likeness (QED) is 0.446. The lowest BCUT2D eigenvalue weighted by atomic mass is 10.2. The molecule has 2 unspecified atom stereocenters. The van der Waals surface area contributed by atoms with E-state index in [1.54, 1.807) is 0 Å². The average Bonchev–Trinajstić information content (AvgIpc) is 1.84. The molecule has 0 amide bonds. The van der Waals surface area contributed by atoms with Crippen LogP contribution in [0.3, 0.4) is 0 Å². The van der Waals surface area contributed by atoms with Crippen LogP contribution < -0.4 is 0 Å². The second kappa shape index (κ2) is 4.46. The zero-order valence-electron chi connectivity index (χ0n) is 6.28. The van der Waals surface area contributed by atoms with E-state index in [1.165, 1.54) is 6.92 Å². The number of aldehydes is 1. The van der Waals surface area contributed by atoms with Crippen LogP contribution in [0.5, 0.6) is 0 Å². The van der Waals surface area contributed by atoms with Gasteiger partial charge in [0.2, 0.25) is 7.37 Å². The molecule has 0 aliphatic carbocycles. The molecule has 6 heteroatoms. The molecule has 1 N–H and O–H groups in total. The molecule has 0 aromatic rings. The van der Waals surface area contributed by atoms with Gasteiger partial charge in [-0.2, -0.15) is 0 Å². The molecule has 2 atom stereocenters. The summed E-state index contributed by atoms with van der Waals surface area (Å²) < 4.78 is 10.9. The highest BCUT2D eigenvalue weighted by molar-refractivity contribution is 7.60. The zero-order chi connectivity index (χ0) is 8.41. The summed E-state index contributed by atoms with van der Waals surface area (Å²) in [6.45, 7) is 2.50. The number of alkyl halides is 1. The molecular formula is C5H11Cl2O3P. The van der Waals surface area contributed by atoms with Crippen LogP contribution in [0, 0.1) is 0 Å². The van der Waals surface area contributed by atoms with Gasteiger partial charge in [-0.15, -0.1) is 24.0 Å². The summed E-state index contributed by atoms with van der Waals surface area (Å²) >= 11 is 5.33. The number of carbonyl (C=O) groups is 1. The van der Waals surface area contributed by atoms with Crippen LogP contribution in [0.25, 0.3) is 0 Å². The highest BCUT2D eigenvalue weighted by Gasteiger charge is 2.38. The van der Waals surface area contributed by atoms with Crippen molar-refractivity contribution in [2.75, 3.05) is 12.5 Å². The minimum Gasteiger partial charge on any atom is -0.344 e. The Morgan fingerprint density at radius 3 is 2.09 bits per heavy atom. The average molecular weight is 221 g/mol. The first-order valence-corrected chi connectivity index (χ1v) is 5.34. The van der Waals surface area contributed by atoms with Gasteiger partial charge in [-0.05, 0) is 6.92 Å². The van der Waals surface area contributed by atoms with Crippen LogP contribution in [-0.4, -0.2) is 28.9 Å². The molecule has 0 aromatic carbocycles. The van der Waals surface area contributed by atoms with Gasteiger partial charge in [-0.3, -0.25) is 4.57 Å². The fraction of sp³-hybridized carbons (Fsp3) is 0.800. The number of hydrogen-bond acceptors (Lipinski definition) is 2. The third kappa shape index (κ3) is 3.12. The van der Waals surface area contributed by atoms with E-state index in [-0.39, 0.29) is 18.3 Å². The molecule has 0 radical (unpaired) electrons. The summed E-state index contributed by atoms with van der Waals surface area (Å²) in [5, 5.41) is -1.28. The van der Waals surface area contributed by atoms with Crippen LogP contribution in [0.4, 0.5) is 0 Å². The zero-order valence-corrected chi connectivity index (χ0v) is 8.75. The standard InChI is InChI=1S/C5H10ClO3P.ClH/c1-5(3-6,4-7)10(2,8)9;/h4H,3H2,1-2H3,(H,8,9);1H. The minimum absolute atomic E-state index is 0. The molecule has 3 nitrogen and oxygen atoms in total. The summed E-state index contributed by atoms with van der Waals surface area (Å²) in [5.74, 6) is -0.124. The van der Waals surface area contributed by atoms with E-state index < -0.39 is 12.5 Å². The molecule has 0 saturated carbocycles. The number of rotatable bonds is 3. The largest absolute Gasteiger partial charge is 0.344 e. The molecule has 0 aliphatic heterocycles. The van der Waals surface area contributed by atoms with Crippen molar-refractivity contribution in [3.8, 4) is 0 Å². The van der Waals surface area contributed by atoms with E-state index in [1.807, 2.05) is 0 Å². The lowest BCUT2D eigenvalue weighted by molar-refractivity contribution is -0.109. The first-order valence-electron chi connectivity index (χ1n) is 2.70. The predicted octanol–water partition coefficient (Wildman–Crippen LogP) is 1.50. The molecular weight excluding hydrogens is 210 g/mol. The number of hydrogen-bond donors (Lipinski definition) is 1. The maximum Gasteiger partial charge on any atom is 0.211 e. The monoisotopic (exact) mass is 220 g/mol.